The van der Waals surface area contributed by atoms with E-state index in [9.17, 15) is 0 Å². The van der Waals surface area contributed by atoms with Gasteiger partial charge in [-0.05, 0) is 63.7 Å². The highest BCUT2D eigenvalue weighted by Crippen LogP contribution is 2.33. The number of benzene rings is 1. The van der Waals surface area contributed by atoms with Crippen molar-refractivity contribution in [1.82, 2.24) is 5.16 Å². The quantitative estimate of drug-likeness (QED) is 0.712. The van der Waals surface area contributed by atoms with E-state index in [-0.39, 0.29) is 0 Å². The summed E-state index contributed by atoms with van der Waals surface area (Å²) in [6.45, 7) is 2.07. The molecule has 0 radical (unpaired) electrons. The van der Waals surface area contributed by atoms with Gasteiger partial charge in [-0.3, -0.25) is 0 Å². The number of aromatic nitrogens is 1. The molecule has 2 rings (SSSR count). The molecule has 0 amide bonds. The van der Waals surface area contributed by atoms with Crippen LogP contribution in [0.3, 0.4) is 0 Å². The summed E-state index contributed by atoms with van der Waals surface area (Å²) in [5.74, 6) is 1.20. The lowest BCUT2D eigenvalue weighted by atomic mass is 10.1. The van der Waals surface area contributed by atoms with E-state index in [1.165, 1.54) is 9.13 Å². The van der Waals surface area contributed by atoms with E-state index in [1.54, 1.807) is 0 Å². The molecule has 1 aromatic carbocycles. The van der Waals surface area contributed by atoms with Gasteiger partial charge in [-0.15, -0.1) is 0 Å². The first kappa shape index (κ1) is 11.2. The van der Waals surface area contributed by atoms with Gasteiger partial charge in [0.15, 0.2) is 11.6 Å². The fourth-order valence-electron chi connectivity index (χ4n) is 1.28. The van der Waals surface area contributed by atoms with Crippen LogP contribution in [0.25, 0.3) is 11.3 Å². The van der Waals surface area contributed by atoms with Gasteiger partial charge in [0.25, 0.3) is 0 Å². The highest BCUT2D eigenvalue weighted by atomic mass is 127. The van der Waals surface area contributed by atoms with E-state index >= 15 is 0 Å². The standard InChI is InChI=1S/C10H8I2N2O/c1-5-3-2-4-6(7(5)11)9-8(12)10(13)14-15-9/h2-4H,1H3,(H2,13,14). The highest BCUT2D eigenvalue weighted by molar-refractivity contribution is 14.1. The summed E-state index contributed by atoms with van der Waals surface area (Å²) in [4.78, 5) is 0. The molecule has 1 aromatic heterocycles. The molecular formula is C10H8I2N2O. The van der Waals surface area contributed by atoms with Gasteiger partial charge >= 0.3 is 0 Å². The average Bonchev–Trinajstić information content (AvgIpc) is 2.53. The van der Waals surface area contributed by atoms with Gasteiger partial charge in [0.2, 0.25) is 0 Å². The second-order valence-electron chi connectivity index (χ2n) is 3.15. The molecule has 0 fully saturated rings. The number of hydrogen-bond donors (Lipinski definition) is 1. The minimum Gasteiger partial charge on any atom is -0.380 e. The Labute approximate surface area is 115 Å². The molecule has 0 bridgehead atoms. The number of hydrogen-bond acceptors (Lipinski definition) is 3. The Morgan fingerprint density at radius 3 is 2.60 bits per heavy atom. The van der Waals surface area contributed by atoms with Crippen LogP contribution in [0.2, 0.25) is 0 Å². The molecule has 0 aliphatic rings. The smallest absolute Gasteiger partial charge is 0.183 e. The SMILES string of the molecule is Cc1cccc(-c2onc(N)c2I)c1I. The molecular weight excluding hydrogens is 418 g/mol. The van der Waals surface area contributed by atoms with Crippen LogP contribution in [0.15, 0.2) is 22.7 Å². The van der Waals surface area contributed by atoms with Crippen molar-refractivity contribution < 1.29 is 4.52 Å². The van der Waals surface area contributed by atoms with Crippen LogP contribution < -0.4 is 5.73 Å². The maximum absolute atomic E-state index is 5.65. The zero-order valence-electron chi connectivity index (χ0n) is 7.92. The largest absolute Gasteiger partial charge is 0.380 e. The first-order chi connectivity index (χ1) is 7.11. The Kier molecular flexibility index (Phi) is 3.19. The first-order valence-corrected chi connectivity index (χ1v) is 6.43. The van der Waals surface area contributed by atoms with Crippen LogP contribution in [0.1, 0.15) is 5.56 Å². The first-order valence-electron chi connectivity index (χ1n) is 4.27. The lowest BCUT2D eigenvalue weighted by molar-refractivity contribution is 0.435. The minimum absolute atomic E-state index is 0.447. The topological polar surface area (TPSA) is 52.0 Å². The van der Waals surface area contributed by atoms with Crippen LogP contribution in [-0.4, -0.2) is 5.16 Å². The molecule has 0 unspecified atom stereocenters. The summed E-state index contributed by atoms with van der Waals surface area (Å²) in [7, 11) is 0. The van der Waals surface area contributed by atoms with Crippen molar-refractivity contribution in [3.8, 4) is 11.3 Å². The van der Waals surface area contributed by atoms with E-state index < -0.39 is 0 Å². The number of nitrogen functional groups attached to an aromatic ring is 1. The summed E-state index contributed by atoms with van der Waals surface area (Å²) in [5.41, 5.74) is 7.92. The monoisotopic (exact) mass is 426 g/mol. The van der Waals surface area contributed by atoms with E-state index in [0.717, 1.165) is 14.9 Å². The average molecular weight is 426 g/mol. The van der Waals surface area contributed by atoms with Crippen LogP contribution in [0.5, 0.6) is 0 Å². The summed E-state index contributed by atoms with van der Waals surface area (Å²) < 4.78 is 7.27. The maximum atomic E-state index is 5.65. The third-order valence-electron chi connectivity index (χ3n) is 2.10. The van der Waals surface area contributed by atoms with Crippen LogP contribution in [0.4, 0.5) is 5.82 Å². The van der Waals surface area contributed by atoms with Gasteiger partial charge in [-0.2, -0.15) is 0 Å². The highest BCUT2D eigenvalue weighted by Gasteiger charge is 2.15. The van der Waals surface area contributed by atoms with Crippen molar-refractivity contribution in [3.63, 3.8) is 0 Å². The summed E-state index contributed by atoms with van der Waals surface area (Å²) in [5, 5.41) is 3.76. The molecule has 15 heavy (non-hydrogen) atoms. The van der Waals surface area contributed by atoms with Gasteiger partial charge < -0.3 is 10.3 Å². The third-order valence-corrected chi connectivity index (χ3v) is 4.57. The van der Waals surface area contributed by atoms with Crippen LogP contribution in [-0.2, 0) is 0 Å². The van der Waals surface area contributed by atoms with Crippen LogP contribution in [0, 0.1) is 14.1 Å². The number of nitrogens with zero attached hydrogens (tertiary/aromatic N) is 1. The number of anilines is 1. The third kappa shape index (κ3) is 1.99. The van der Waals surface area contributed by atoms with E-state index in [4.69, 9.17) is 10.3 Å². The molecule has 0 saturated carbocycles. The number of nitrogens with two attached hydrogens (primary N) is 1. The molecule has 2 aromatic rings. The van der Waals surface area contributed by atoms with Crippen molar-refractivity contribution in [1.29, 1.82) is 0 Å². The minimum atomic E-state index is 0.447. The molecule has 0 saturated heterocycles. The van der Waals surface area contributed by atoms with Gasteiger partial charge in [0.05, 0.1) is 0 Å². The predicted molar refractivity (Wildman–Crippen MR) is 76.5 cm³/mol. The van der Waals surface area contributed by atoms with Crippen LogP contribution >= 0.6 is 45.2 Å². The predicted octanol–water partition coefficient (Wildman–Crippen LogP) is 3.44. The zero-order valence-corrected chi connectivity index (χ0v) is 12.2. The summed E-state index contributed by atoms with van der Waals surface area (Å²) >= 11 is 4.45. The zero-order chi connectivity index (χ0) is 11.0. The normalized spacial score (nSPS) is 10.6. The molecule has 0 aliphatic carbocycles. The molecule has 78 valence electrons. The van der Waals surface area contributed by atoms with Crippen molar-refractivity contribution in [2.24, 2.45) is 0 Å². The molecule has 0 atom stereocenters. The maximum Gasteiger partial charge on any atom is 0.183 e. The van der Waals surface area contributed by atoms with Crippen molar-refractivity contribution in [2.75, 3.05) is 5.73 Å². The lowest BCUT2D eigenvalue weighted by Crippen LogP contribution is -1.89. The van der Waals surface area contributed by atoms with Crippen molar-refractivity contribution in [3.05, 3.63) is 30.9 Å². The van der Waals surface area contributed by atoms with Gasteiger partial charge in [-0.1, -0.05) is 17.3 Å². The Morgan fingerprint density at radius 2 is 2.00 bits per heavy atom. The number of rotatable bonds is 1. The molecule has 2 N–H and O–H groups in total. The lowest BCUT2D eigenvalue weighted by Gasteiger charge is -2.03. The Hall–Kier alpha value is -0.310. The number of halogens is 2. The number of aryl methyl sites for hydroxylation is 1. The fraction of sp³-hybridized carbons (Fsp3) is 0.100. The Balaban J connectivity index is 2.64. The molecule has 3 nitrogen and oxygen atoms in total. The Morgan fingerprint density at radius 1 is 1.27 bits per heavy atom. The fourth-order valence-corrected chi connectivity index (χ4v) is 2.37. The summed E-state index contributed by atoms with van der Waals surface area (Å²) in [6.07, 6.45) is 0. The van der Waals surface area contributed by atoms with Crippen molar-refractivity contribution >= 4 is 51.0 Å². The molecule has 1 heterocycles. The summed E-state index contributed by atoms with van der Waals surface area (Å²) in [6, 6.07) is 6.08. The van der Waals surface area contributed by atoms with Crippen molar-refractivity contribution in [2.45, 2.75) is 6.92 Å². The molecule has 0 aliphatic heterocycles. The van der Waals surface area contributed by atoms with E-state index in [1.807, 2.05) is 12.1 Å². The Bertz CT molecular complexity index is 508. The molecule has 5 heteroatoms. The van der Waals surface area contributed by atoms with E-state index in [2.05, 4.69) is 63.3 Å². The van der Waals surface area contributed by atoms with Gasteiger partial charge in [0.1, 0.15) is 3.57 Å². The second kappa shape index (κ2) is 4.28. The van der Waals surface area contributed by atoms with Gasteiger partial charge in [0, 0.05) is 9.13 Å². The van der Waals surface area contributed by atoms with Gasteiger partial charge in [-0.25, -0.2) is 0 Å². The van der Waals surface area contributed by atoms with E-state index in [0.29, 0.717) is 5.82 Å². The second-order valence-corrected chi connectivity index (χ2v) is 5.30. The molecule has 0 spiro atoms.